The Morgan fingerprint density at radius 1 is 0.917 bits per heavy atom. The average molecular weight is 512 g/mol. The first-order chi connectivity index (χ1) is 17.4. The molecule has 2 aliphatic rings. The van der Waals surface area contributed by atoms with Gasteiger partial charge in [0.05, 0.1) is 10.6 Å². The summed E-state index contributed by atoms with van der Waals surface area (Å²) < 4.78 is 52.8. The van der Waals surface area contributed by atoms with Crippen molar-refractivity contribution in [1.29, 1.82) is 0 Å². The van der Waals surface area contributed by atoms with Crippen LogP contribution in [-0.2, 0) is 14.8 Å². The highest BCUT2D eigenvalue weighted by atomic mass is 32.2. The Bertz CT molecular complexity index is 1340. The Labute approximate surface area is 209 Å². The van der Waals surface area contributed by atoms with Crippen molar-refractivity contribution in [3.8, 4) is 11.5 Å². The number of halogens is 1. The molecule has 1 saturated heterocycles. The van der Waals surface area contributed by atoms with Gasteiger partial charge >= 0.3 is 0 Å². The number of fused-ring (bicyclic) bond motifs is 1. The number of nitrogens with zero attached hydrogens (tertiary/aromatic N) is 2. The number of hydrogen-bond donors (Lipinski definition) is 1. The van der Waals surface area contributed by atoms with Crippen LogP contribution in [0.4, 0.5) is 21.5 Å². The molecule has 10 heteroatoms. The molecule has 0 radical (unpaired) electrons. The van der Waals surface area contributed by atoms with Gasteiger partial charge in [0.2, 0.25) is 5.91 Å². The van der Waals surface area contributed by atoms with Gasteiger partial charge in [0.25, 0.3) is 10.0 Å². The van der Waals surface area contributed by atoms with Crippen molar-refractivity contribution in [1.82, 2.24) is 0 Å². The number of carbonyl (C=O) groups is 1. The summed E-state index contributed by atoms with van der Waals surface area (Å²) in [6.45, 7) is 2.19. The van der Waals surface area contributed by atoms with Crippen LogP contribution in [0, 0.1) is 5.82 Å². The van der Waals surface area contributed by atoms with Crippen molar-refractivity contribution in [3.63, 3.8) is 0 Å². The highest BCUT2D eigenvalue weighted by Gasteiger charge is 2.29. The van der Waals surface area contributed by atoms with Crippen molar-refractivity contribution in [2.24, 2.45) is 0 Å². The van der Waals surface area contributed by atoms with Crippen LogP contribution in [-0.4, -0.2) is 47.2 Å². The maximum Gasteiger partial charge on any atom is 0.264 e. The molecule has 8 nitrogen and oxygen atoms in total. The molecule has 1 N–H and O–H groups in total. The molecule has 2 heterocycles. The van der Waals surface area contributed by atoms with Gasteiger partial charge in [-0.3, -0.25) is 9.10 Å². The molecule has 5 rings (SSSR count). The van der Waals surface area contributed by atoms with E-state index < -0.39 is 28.3 Å². The molecular weight excluding hydrogens is 485 g/mol. The minimum atomic E-state index is -4.20. The number of sulfonamides is 1. The van der Waals surface area contributed by atoms with E-state index in [0.717, 1.165) is 48.1 Å². The largest absolute Gasteiger partial charge is 0.486 e. The van der Waals surface area contributed by atoms with Crippen LogP contribution in [0.3, 0.4) is 0 Å². The Kier molecular flexibility index (Phi) is 6.69. The summed E-state index contributed by atoms with van der Waals surface area (Å²) in [4.78, 5) is 15.2. The predicted molar refractivity (Wildman–Crippen MR) is 135 cm³/mol. The summed E-state index contributed by atoms with van der Waals surface area (Å²) >= 11 is 0. The summed E-state index contributed by atoms with van der Waals surface area (Å²) in [5, 5.41) is 2.76. The molecule has 1 amide bonds. The zero-order chi connectivity index (χ0) is 25.1. The summed E-state index contributed by atoms with van der Waals surface area (Å²) in [6, 6.07) is 16.7. The van der Waals surface area contributed by atoms with Crippen LogP contribution >= 0.6 is 0 Å². The maximum atomic E-state index is 13.6. The molecule has 36 heavy (non-hydrogen) atoms. The predicted octanol–water partition coefficient (Wildman–Crippen LogP) is 4.03. The molecular formula is C26H26FN3O5S. The fourth-order valence-corrected chi connectivity index (χ4v) is 5.73. The molecule has 2 aliphatic heterocycles. The standard InChI is InChI=1S/C26H26FN3O5S/c27-19-3-7-22(8-4-19)30(36(32,33)23-11-12-24-25(17-23)35-16-15-34-24)18-26(31)28-20-5-9-21(10-6-20)29-13-1-2-14-29/h3-12,17H,1-2,13-16,18H2,(H,28,31). The third-order valence-electron chi connectivity index (χ3n) is 6.13. The lowest BCUT2D eigenvalue weighted by Crippen LogP contribution is -2.38. The normalized spacial score (nSPS) is 15.0. The van der Waals surface area contributed by atoms with E-state index in [1.165, 1.54) is 30.3 Å². The number of ether oxygens (including phenoxy) is 2. The fraction of sp³-hybridized carbons (Fsp3) is 0.269. The van der Waals surface area contributed by atoms with Crippen LogP contribution in [0.25, 0.3) is 0 Å². The van der Waals surface area contributed by atoms with Gasteiger partial charge in [0.1, 0.15) is 25.6 Å². The number of hydrogen-bond acceptors (Lipinski definition) is 6. The van der Waals surface area contributed by atoms with Gasteiger partial charge in [-0.05, 0) is 73.5 Å². The van der Waals surface area contributed by atoms with Gasteiger partial charge in [-0.15, -0.1) is 0 Å². The van der Waals surface area contributed by atoms with E-state index in [1.807, 2.05) is 12.1 Å². The molecule has 0 aliphatic carbocycles. The number of anilines is 3. The molecule has 3 aromatic rings. The number of carbonyl (C=O) groups excluding carboxylic acids is 1. The lowest BCUT2D eigenvalue weighted by Gasteiger charge is -2.25. The zero-order valence-electron chi connectivity index (χ0n) is 19.5. The van der Waals surface area contributed by atoms with Gasteiger partial charge in [-0.1, -0.05) is 0 Å². The number of benzene rings is 3. The van der Waals surface area contributed by atoms with E-state index in [0.29, 0.717) is 30.4 Å². The summed E-state index contributed by atoms with van der Waals surface area (Å²) in [6.07, 6.45) is 2.32. The SMILES string of the molecule is O=C(CN(c1ccc(F)cc1)S(=O)(=O)c1ccc2c(c1)OCCO2)Nc1ccc(N2CCCC2)cc1. The average Bonchev–Trinajstić information content (AvgIpc) is 3.43. The van der Waals surface area contributed by atoms with Crippen LogP contribution in [0.2, 0.25) is 0 Å². The van der Waals surface area contributed by atoms with E-state index in [4.69, 9.17) is 9.47 Å². The third kappa shape index (κ3) is 5.08. The quantitative estimate of drug-likeness (QED) is 0.515. The molecule has 0 spiro atoms. The topological polar surface area (TPSA) is 88.2 Å². The third-order valence-corrected chi connectivity index (χ3v) is 7.90. The lowest BCUT2D eigenvalue weighted by molar-refractivity contribution is -0.114. The molecule has 0 unspecified atom stereocenters. The second-order valence-corrected chi connectivity index (χ2v) is 10.4. The minimum absolute atomic E-state index is 0.0705. The smallest absolute Gasteiger partial charge is 0.264 e. The summed E-state index contributed by atoms with van der Waals surface area (Å²) in [5.74, 6) is -0.292. The lowest BCUT2D eigenvalue weighted by atomic mass is 10.2. The molecule has 3 aromatic carbocycles. The highest BCUT2D eigenvalue weighted by molar-refractivity contribution is 7.92. The van der Waals surface area contributed by atoms with E-state index in [-0.39, 0.29) is 10.6 Å². The highest BCUT2D eigenvalue weighted by Crippen LogP contribution is 2.34. The zero-order valence-corrected chi connectivity index (χ0v) is 20.3. The first-order valence-electron chi connectivity index (χ1n) is 11.7. The molecule has 1 fully saturated rings. The van der Waals surface area contributed by atoms with Gasteiger partial charge in [0, 0.05) is 30.5 Å². The van der Waals surface area contributed by atoms with Crippen LogP contribution in [0.1, 0.15) is 12.8 Å². The van der Waals surface area contributed by atoms with Gasteiger partial charge in [-0.2, -0.15) is 0 Å². The summed E-state index contributed by atoms with van der Waals surface area (Å²) in [5.41, 5.74) is 1.80. The molecule has 188 valence electrons. The molecule has 0 aromatic heterocycles. The van der Waals surface area contributed by atoms with Gasteiger partial charge in [0.15, 0.2) is 11.5 Å². The minimum Gasteiger partial charge on any atom is -0.486 e. The molecule has 0 bridgehead atoms. The monoisotopic (exact) mass is 511 g/mol. The van der Waals surface area contributed by atoms with Crippen molar-refractivity contribution < 1.29 is 27.1 Å². The van der Waals surface area contributed by atoms with E-state index in [1.54, 1.807) is 12.1 Å². The van der Waals surface area contributed by atoms with Crippen LogP contribution < -0.4 is 24.0 Å². The number of amides is 1. The number of nitrogens with one attached hydrogen (secondary N) is 1. The van der Waals surface area contributed by atoms with Crippen molar-refractivity contribution in [3.05, 3.63) is 72.5 Å². The Morgan fingerprint density at radius 2 is 1.58 bits per heavy atom. The van der Waals surface area contributed by atoms with Gasteiger partial charge < -0.3 is 19.7 Å². The first-order valence-corrected chi connectivity index (χ1v) is 13.2. The van der Waals surface area contributed by atoms with E-state index in [2.05, 4.69) is 10.2 Å². The Hall–Kier alpha value is -3.79. The van der Waals surface area contributed by atoms with Crippen molar-refractivity contribution in [2.75, 3.05) is 47.4 Å². The van der Waals surface area contributed by atoms with Crippen LogP contribution in [0.5, 0.6) is 11.5 Å². The van der Waals surface area contributed by atoms with Gasteiger partial charge in [-0.25, -0.2) is 12.8 Å². The Morgan fingerprint density at radius 3 is 2.28 bits per heavy atom. The molecule has 0 saturated carbocycles. The van der Waals surface area contributed by atoms with Crippen molar-refractivity contribution >= 4 is 33.0 Å². The fourth-order valence-electron chi connectivity index (χ4n) is 4.30. The summed E-state index contributed by atoms with van der Waals surface area (Å²) in [7, 11) is -4.20. The Balaban J connectivity index is 1.38. The molecule has 0 atom stereocenters. The first kappa shape index (κ1) is 23.9. The maximum absolute atomic E-state index is 13.6. The number of rotatable bonds is 7. The second kappa shape index (κ2) is 10.1. The van der Waals surface area contributed by atoms with E-state index >= 15 is 0 Å². The second-order valence-electron chi connectivity index (χ2n) is 8.58. The van der Waals surface area contributed by atoms with E-state index in [9.17, 15) is 17.6 Å². The van der Waals surface area contributed by atoms with Crippen LogP contribution in [0.15, 0.2) is 71.6 Å². The van der Waals surface area contributed by atoms with Crippen molar-refractivity contribution in [2.45, 2.75) is 17.7 Å².